The van der Waals surface area contributed by atoms with E-state index in [2.05, 4.69) is 9.55 Å². The zero-order valence-electron chi connectivity index (χ0n) is 9.82. The molecule has 4 heteroatoms. The lowest BCUT2D eigenvalue weighted by molar-refractivity contribution is 0.297. The van der Waals surface area contributed by atoms with Crippen LogP contribution in [-0.2, 0) is 19.4 Å². The van der Waals surface area contributed by atoms with Crippen molar-refractivity contribution in [3.8, 4) is 11.5 Å². The quantitative estimate of drug-likeness (QED) is 0.845. The number of aromatic nitrogens is 3. The fourth-order valence-electron chi connectivity index (χ4n) is 2.60. The van der Waals surface area contributed by atoms with Gasteiger partial charge in [0.1, 0.15) is 0 Å². The van der Waals surface area contributed by atoms with Crippen molar-refractivity contribution in [3.63, 3.8) is 0 Å². The fraction of sp³-hybridized carbons (Fsp3) is 0.462. The van der Waals surface area contributed by atoms with Crippen LogP contribution in [0, 0.1) is 0 Å². The van der Waals surface area contributed by atoms with Gasteiger partial charge in [0.25, 0.3) is 0 Å². The summed E-state index contributed by atoms with van der Waals surface area (Å²) in [7, 11) is 0. The maximum absolute atomic E-state index is 9.10. The minimum atomic E-state index is 0.175. The van der Waals surface area contributed by atoms with Crippen molar-refractivity contribution in [2.24, 2.45) is 0 Å². The highest BCUT2D eigenvalue weighted by atomic mass is 16.3. The van der Waals surface area contributed by atoms with Crippen molar-refractivity contribution in [3.05, 3.63) is 29.7 Å². The molecular formula is C13H17N3O. The second-order valence-corrected chi connectivity index (χ2v) is 4.49. The topological polar surface area (TPSA) is 53.8 Å². The van der Waals surface area contributed by atoms with Gasteiger partial charge in [-0.25, -0.2) is 4.98 Å². The Hall–Kier alpha value is -1.55. The molecule has 0 bridgehead atoms. The first kappa shape index (κ1) is 10.6. The average Bonchev–Trinajstić information content (AvgIpc) is 2.97. The van der Waals surface area contributed by atoms with Crippen LogP contribution in [0.25, 0.3) is 11.5 Å². The summed E-state index contributed by atoms with van der Waals surface area (Å²) in [6.07, 6.45) is 6.12. The third kappa shape index (κ3) is 1.78. The molecule has 0 amide bonds. The summed E-state index contributed by atoms with van der Waals surface area (Å²) in [5, 5.41) is 9.10. The first-order valence-electron chi connectivity index (χ1n) is 6.23. The zero-order chi connectivity index (χ0) is 11.7. The Bertz CT molecular complexity index is 499. The summed E-state index contributed by atoms with van der Waals surface area (Å²) in [4.78, 5) is 7.91. The number of hydrogen-bond acceptors (Lipinski definition) is 2. The lowest BCUT2D eigenvalue weighted by atomic mass is 10.1. The minimum absolute atomic E-state index is 0.175. The third-order valence-electron chi connectivity index (χ3n) is 3.39. The predicted octanol–water partition coefficient (Wildman–Crippen LogP) is 1.75. The zero-order valence-corrected chi connectivity index (χ0v) is 9.82. The Labute approximate surface area is 100 Å². The Kier molecular flexibility index (Phi) is 2.73. The predicted molar refractivity (Wildman–Crippen MR) is 65.7 cm³/mol. The van der Waals surface area contributed by atoms with E-state index in [1.807, 2.05) is 18.3 Å². The van der Waals surface area contributed by atoms with Gasteiger partial charge < -0.3 is 14.7 Å². The molecular weight excluding hydrogens is 214 g/mol. The normalized spacial score (nSPS) is 14.9. The molecule has 0 saturated carbocycles. The van der Waals surface area contributed by atoms with Crippen LogP contribution in [0.3, 0.4) is 0 Å². The molecule has 0 aliphatic carbocycles. The van der Waals surface area contributed by atoms with Crippen molar-refractivity contribution in [2.75, 3.05) is 6.61 Å². The molecule has 1 aliphatic heterocycles. The molecule has 0 aromatic carbocycles. The molecule has 2 aromatic heterocycles. The molecule has 90 valence electrons. The number of aromatic amines is 1. The lowest BCUT2D eigenvalue weighted by Gasteiger charge is -2.16. The van der Waals surface area contributed by atoms with Gasteiger partial charge in [0.05, 0.1) is 11.4 Å². The van der Waals surface area contributed by atoms with Crippen molar-refractivity contribution in [1.82, 2.24) is 14.5 Å². The van der Waals surface area contributed by atoms with Gasteiger partial charge in [-0.2, -0.15) is 0 Å². The monoisotopic (exact) mass is 231 g/mol. The molecule has 0 atom stereocenters. The Morgan fingerprint density at radius 3 is 3.12 bits per heavy atom. The van der Waals surface area contributed by atoms with E-state index in [1.165, 1.54) is 18.5 Å². The number of rotatable bonds is 3. The molecule has 4 nitrogen and oxygen atoms in total. The van der Waals surface area contributed by atoms with E-state index in [1.54, 1.807) is 0 Å². The fourth-order valence-corrected chi connectivity index (χ4v) is 2.60. The van der Waals surface area contributed by atoms with Crippen LogP contribution in [-0.4, -0.2) is 26.2 Å². The largest absolute Gasteiger partial charge is 0.396 e. The maximum Gasteiger partial charge on any atom is 0.156 e. The molecule has 17 heavy (non-hydrogen) atoms. The van der Waals surface area contributed by atoms with Crippen LogP contribution in [0.1, 0.15) is 24.2 Å². The number of nitrogens with one attached hydrogen (secondary N) is 1. The summed E-state index contributed by atoms with van der Waals surface area (Å²) in [5.41, 5.74) is 3.45. The summed E-state index contributed by atoms with van der Waals surface area (Å²) in [5.74, 6) is 1.02. The summed E-state index contributed by atoms with van der Waals surface area (Å²) < 4.78 is 2.31. The molecule has 3 rings (SSSR count). The lowest BCUT2D eigenvalue weighted by Crippen LogP contribution is -2.12. The van der Waals surface area contributed by atoms with Crippen LogP contribution in [0.5, 0.6) is 0 Å². The number of aliphatic hydroxyl groups is 1. The number of fused-ring (bicyclic) bond motifs is 1. The number of imidazole rings is 1. The number of H-pyrrole nitrogens is 1. The maximum atomic E-state index is 9.10. The minimum Gasteiger partial charge on any atom is -0.396 e. The number of aliphatic hydroxyl groups excluding tert-OH is 1. The average molecular weight is 231 g/mol. The second kappa shape index (κ2) is 4.37. The van der Waals surface area contributed by atoms with Crippen LogP contribution in [0.4, 0.5) is 0 Å². The van der Waals surface area contributed by atoms with E-state index in [-0.39, 0.29) is 6.61 Å². The third-order valence-corrected chi connectivity index (χ3v) is 3.39. The van der Waals surface area contributed by atoms with Gasteiger partial charge in [-0.3, -0.25) is 0 Å². The highest BCUT2D eigenvalue weighted by Crippen LogP contribution is 2.26. The number of hydrogen-bond donors (Lipinski definition) is 2. The standard InChI is InChI=1S/C13H17N3O/c17-9-6-10-12-5-1-2-8-16(12)13(15-10)11-4-3-7-14-11/h3-4,7,14,17H,1-2,5-6,8-9H2. The Balaban J connectivity index is 2.09. The molecule has 0 saturated heterocycles. The molecule has 0 fully saturated rings. The first-order valence-corrected chi connectivity index (χ1v) is 6.23. The van der Waals surface area contributed by atoms with E-state index in [0.717, 1.165) is 30.2 Å². The second-order valence-electron chi connectivity index (χ2n) is 4.49. The smallest absolute Gasteiger partial charge is 0.156 e. The van der Waals surface area contributed by atoms with E-state index in [4.69, 9.17) is 10.1 Å². The molecule has 1 aliphatic rings. The molecule has 0 radical (unpaired) electrons. The van der Waals surface area contributed by atoms with E-state index >= 15 is 0 Å². The van der Waals surface area contributed by atoms with Gasteiger partial charge >= 0.3 is 0 Å². The van der Waals surface area contributed by atoms with Crippen LogP contribution < -0.4 is 0 Å². The molecule has 0 unspecified atom stereocenters. The van der Waals surface area contributed by atoms with Gasteiger partial charge in [0.15, 0.2) is 5.82 Å². The Morgan fingerprint density at radius 1 is 1.41 bits per heavy atom. The molecule has 2 aromatic rings. The van der Waals surface area contributed by atoms with Crippen molar-refractivity contribution in [1.29, 1.82) is 0 Å². The van der Waals surface area contributed by atoms with E-state index in [0.29, 0.717) is 6.42 Å². The van der Waals surface area contributed by atoms with Gasteiger partial charge in [0.2, 0.25) is 0 Å². The van der Waals surface area contributed by atoms with Crippen molar-refractivity contribution in [2.45, 2.75) is 32.2 Å². The van der Waals surface area contributed by atoms with Crippen molar-refractivity contribution >= 4 is 0 Å². The highest BCUT2D eigenvalue weighted by molar-refractivity contribution is 5.52. The van der Waals surface area contributed by atoms with E-state index in [9.17, 15) is 0 Å². The first-order chi connectivity index (χ1) is 8.40. The van der Waals surface area contributed by atoms with E-state index < -0.39 is 0 Å². The van der Waals surface area contributed by atoms with Crippen LogP contribution in [0.2, 0.25) is 0 Å². The Morgan fingerprint density at radius 2 is 2.35 bits per heavy atom. The summed E-state index contributed by atoms with van der Waals surface area (Å²) in [6, 6.07) is 4.04. The van der Waals surface area contributed by atoms with Crippen LogP contribution in [0.15, 0.2) is 18.3 Å². The SMILES string of the molecule is OCCc1nc(-c2ccc[nH]2)n2c1CCCC2. The van der Waals surface area contributed by atoms with Crippen molar-refractivity contribution < 1.29 is 5.11 Å². The van der Waals surface area contributed by atoms with Crippen LogP contribution >= 0.6 is 0 Å². The summed E-state index contributed by atoms with van der Waals surface area (Å²) in [6.45, 7) is 1.22. The van der Waals surface area contributed by atoms with Gasteiger partial charge in [-0.15, -0.1) is 0 Å². The van der Waals surface area contributed by atoms with Gasteiger partial charge in [0, 0.05) is 31.5 Å². The van der Waals surface area contributed by atoms with Gasteiger partial charge in [-0.1, -0.05) is 0 Å². The number of nitrogens with zero attached hydrogens (tertiary/aromatic N) is 2. The highest BCUT2D eigenvalue weighted by Gasteiger charge is 2.20. The molecule has 3 heterocycles. The molecule has 0 spiro atoms. The summed E-state index contributed by atoms with van der Waals surface area (Å²) >= 11 is 0. The van der Waals surface area contributed by atoms with Gasteiger partial charge in [-0.05, 0) is 31.4 Å². The molecule has 2 N–H and O–H groups in total.